The quantitative estimate of drug-likeness (QED) is 0.0195. The first kappa shape index (κ1) is 56.4. The number of oxime groups is 1. The molecule has 2 amide bonds. The Bertz CT molecular complexity index is 2560. The summed E-state index contributed by atoms with van der Waals surface area (Å²) in [6.45, 7) is 7.05. The minimum Gasteiger partial charge on any atom is -0.459 e. The van der Waals surface area contributed by atoms with Crippen LogP contribution in [0.3, 0.4) is 0 Å². The van der Waals surface area contributed by atoms with Gasteiger partial charge in [0.1, 0.15) is 24.1 Å². The molecule has 2 aliphatic carbocycles. The minimum absolute atomic E-state index is 0.00731. The highest BCUT2D eigenvalue weighted by Crippen LogP contribution is 2.62. The Morgan fingerprint density at radius 1 is 0.893 bits per heavy atom. The number of unbranched alkanes of at least 4 members (excludes halogenated alkanes) is 11. The molecule has 0 bridgehead atoms. The molecule has 1 fully saturated rings. The van der Waals surface area contributed by atoms with E-state index in [1.807, 2.05) is 54.6 Å². The predicted molar refractivity (Wildman–Crippen MR) is 291 cm³/mol. The number of aliphatic hydroxyl groups excluding tert-OH is 2. The van der Waals surface area contributed by atoms with Crippen molar-refractivity contribution in [1.82, 2.24) is 10.2 Å². The molecule has 15 heteroatoms. The summed E-state index contributed by atoms with van der Waals surface area (Å²) >= 11 is 0. The second-order valence-corrected chi connectivity index (χ2v) is 20.2. The van der Waals surface area contributed by atoms with Gasteiger partial charge in [-0.3, -0.25) is 15.0 Å². The van der Waals surface area contributed by atoms with Crippen molar-refractivity contribution in [2.75, 3.05) is 33.5 Å². The van der Waals surface area contributed by atoms with Crippen molar-refractivity contribution >= 4 is 34.4 Å². The average Bonchev–Trinajstić information content (AvgIpc) is 3.42. The third-order valence-electron chi connectivity index (χ3n) is 15.2. The van der Waals surface area contributed by atoms with Crippen molar-refractivity contribution in [2.24, 2.45) is 22.9 Å². The molecule has 404 valence electrons. The Morgan fingerprint density at radius 3 is 2.31 bits per heavy atom. The van der Waals surface area contributed by atoms with E-state index in [1.165, 1.54) is 64.2 Å². The van der Waals surface area contributed by atoms with Crippen LogP contribution in [0.15, 0.2) is 114 Å². The van der Waals surface area contributed by atoms with Crippen molar-refractivity contribution < 1.29 is 48.5 Å². The van der Waals surface area contributed by atoms with Gasteiger partial charge in [0, 0.05) is 49.8 Å². The van der Waals surface area contributed by atoms with Gasteiger partial charge in [0.15, 0.2) is 0 Å². The Labute approximate surface area is 442 Å². The third-order valence-corrected chi connectivity index (χ3v) is 15.2. The van der Waals surface area contributed by atoms with Gasteiger partial charge in [-0.1, -0.05) is 137 Å². The topological polar surface area (TPSA) is 192 Å². The Balaban J connectivity index is 1.30. The lowest BCUT2D eigenvalue weighted by Gasteiger charge is -2.59. The molecule has 0 saturated heterocycles. The van der Waals surface area contributed by atoms with Crippen molar-refractivity contribution in [3.63, 3.8) is 0 Å². The van der Waals surface area contributed by atoms with E-state index in [0.29, 0.717) is 48.6 Å². The van der Waals surface area contributed by atoms with Gasteiger partial charge in [-0.2, -0.15) is 0 Å². The summed E-state index contributed by atoms with van der Waals surface area (Å²) in [6, 6.07) is 24.7. The number of carbonyl (C=O) groups excluding carboxylic acids is 2. The first-order chi connectivity index (χ1) is 36.7. The van der Waals surface area contributed by atoms with Crippen LogP contribution in [0.25, 0.3) is 10.8 Å². The number of fused-ring (bicyclic) bond motifs is 3. The van der Waals surface area contributed by atoms with Crippen LogP contribution >= 0.6 is 0 Å². The highest BCUT2D eigenvalue weighted by molar-refractivity contribution is 6.03. The number of allylic oxidation sites excluding steroid dienone is 1. The molecule has 75 heavy (non-hydrogen) atoms. The zero-order valence-corrected chi connectivity index (χ0v) is 44.0. The molecule has 0 spiro atoms. The number of hydrogen-bond donors (Lipinski definition) is 3. The lowest BCUT2D eigenvalue weighted by Crippen LogP contribution is -2.70. The van der Waals surface area contributed by atoms with Crippen LogP contribution in [0.4, 0.5) is 15.3 Å². The van der Waals surface area contributed by atoms with Crippen LogP contribution in [-0.4, -0.2) is 83.2 Å². The van der Waals surface area contributed by atoms with Gasteiger partial charge in [0.25, 0.3) is 5.69 Å². The number of rotatable bonds is 30. The Morgan fingerprint density at radius 2 is 1.60 bits per heavy atom. The average molecular weight is 1030 g/mol. The fourth-order valence-corrected chi connectivity index (χ4v) is 11.6. The van der Waals surface area contributed by atoms with E-state index in [2.05, 4.69) is 24.9 Å². The van der Waals surface area contributed by atoms with E-state index >= 15 is 0 Å². The maximum Gasteiger partial charge on any atom is 0.412 e. The van der Waals surface area contributed by atoms with Crippen molar-refractivity contribution in [3.05, 3.63) is 136 Å². The number of ether oxygens (including phenoxy) is 4. The highest BCUT2D eigenvalue weighted by atomic mass is 16.7. The number of nitro benzene ring substituents is 1. The van der Waals surface area contributed by atoms with Gasteiger partial charge >= 0.3 is 12.2 Å². The normalized spacial score (nSPS) is 21.0. The molecule has 7 rings (SSSR count). The highest BCUT2D eigenvalue weighted by Gasteiger charge is 2.65. The summed E-state index contributed by atoms with van der Waals surface area (Å²) in [7, 11) is 1.36. The molecule has 1 aliphatic heterocycles. The summed E-state index contributed by atoms with van der Waals surface area (Å²) in [5.41, 5.74) is 3.69. The molecule has 4 aromatic carbocycles. The molecule has 0 aromatic heterocycles. The van der Waals surface area contributed by atoms with Crippen LogP contribution in [0.5, 0.6) is 11.5 Å². The fourth-order valence-electron chi connectivity index (χ4n) is 11.6. The number of methoxy groups -OCH3 is 1. The summed E-state index contributed by atoms with van der Waals surface area (Å²) in [5, 5.41) is 41.4. The van der Waals surface area contributed by atoms with E-state index in [9.17, 15) is 29.9 Å². The molecule has 4 aromatic rings. The van der Waals surface area contributed by atoms with Gasteiger partial charge in [-0.25, -0.2) is 9.59 Å². The zero-order valence-electron chi connectivity index (χ0n) is 44.0. The number of amides is 2. The van der Waals surface area contributed by atoms with Crippen molar-refractivity contribution in [2.45, 2.75) is 147 Å². The van der Waals surface area contributed by atoms with E-state index in [4.69, 9.17) is 28.9 Å². The first-order valence-electron chi connectivity index (χ1n) is 27.4. The Kier molecular flexibility index (Phi) is 21.5. The number of hydrogen-bond acceptors (Lipinski definition) is 12. The lowest BCUT2D eigenvalue weighted by molar-refractivity contribution is -0.384. The second kappa shape index (κ2) is 28.6. The lowest BCUT2D eigenvalue weighted by atomic mass is 9.55. The summed E-state index contributed by atoms with van der Waals surface area (Å²) in [5.74, 6) is -1.87. The second-order valence-electron chi connectivity index (χ2n) is 20.2. The van der Waals surface area contributed by atoms with Crippen LogP contribution in [0.2, 0.25) is 0 Å². The Hall–Kier alpha value is -6.29. The van der Waals surface area contributed by atoms with Gasteiger partial charge in [-0.15, -0.1) is 6.58 Å². The van der Waals surface area contributed by atoms with Crippen molar-refractivity contribution in [1.29, 1.82) is 0 Å². The summed E-state index contributed by atoms with van der Waals surface area (Å²) < 4.78 is 26.2. The van der Waals surface area contributed by atoms with Gasteiger partial charge in [0.2, 0.25) is 5.79 Å². The number of carbonyl (C=O) groups is 2. The number of nitrogens with one attached hydrogen (secondary N) is 1. The molecule has 1 saturated carbocycles. The zero-order chi connectivity index (χ0) is 53.0. The molecular formula is C60H78N4O11. The SMILES string of the molecule is C=CCO[C@@]12Oc3ccc(OC(=O)NCCCCCCCCCCCC)cc3[C@H]3[C@H](CCCCO)[C@@H](CCCCO)C=C(C(=NOCc4ccc([N+](=O)[O-])cc4)C[C@@H]1N(Cc1cccc4ccccc14)C(=O)OC)[C@H]32. The monoisotopic (exact) mass is 1030 g/mol. The maximum atomic E-state index is 14.6. The van der Waals surface area contributed by atoms with Gasteiger partial charge in [-0.05, 0) is 102 Å². The standard InChI is InChI=1S/C60H78N4O11/c1-4-6-7-8-9-10-11-12-13-18-34-61-58(67)74-48-32-33-54-52(39-48)56-50(27-17-20-36-66)45(23-16-19-35-65)38-51-53(62-73-42-43-28-30-47(31-29-43)64(69)70)40-55(60(75-54,57(51)56)72-37-5-2)63(59(68)71-3)41-46-25-21-24-44-22-14-15-26-49(44)46/h5,14-15,21-22,24-26,28-33,38-39,45,50,55-57,65-66H,2,4,6-13,16-20,23,27,34-37,40-42H2,1,3H3,(H,61,67)/t45-,50+,55-,56+,57+,60+/m0/s1. The number of benzene rings is 4. The molecule has 0 unspecified atom stereocenters. The summed E-state index contributed by atoms with van der Waals surface area (Å²) in [4.78, 5) is 47.0. The number of nitrogens with zero attached hydrogens (tertiary/aromatic N) is 3. The number of aliphatic hydroxyl groups is 2. The van der Waals surface area contributed by atoms with Crippen LogP contribution in [0, 0.1) is 27.9 Å². The minimum atomic E-state index is -1.58. The smallest absolute Gasteiger partial charge is 0.412 e. The predicted octanol–water partition coefficient (Wildman–Crippen LogP) is 12.9. The van der Waals surface area contributed by atoms with E-state index in [-0.39, 0.29) is 62.8 Å². The molecular weight excluding hydrogens is 953 g/mol. The molecule has 1 heterocycles. The summed E-state index contributed by atoms with van der Waals surface area (Å²) in [6.07, 6.45) is 18.9. The first-order valence-corrected chi connectivity index (χ1v) is 27.4. The molecule has 0 radical (unpaired) electrons. The van der Waals surface area contributed by atoms with E-state index in [1.54, 1.807) is 29.2 Å². The van der Waals surface area contributed by atoms with Crippen LogP contribution in [-0.2, 0) is 27.5 Å². The van der Waals surface area contributed by atoms with E-state index < -0.39 is 34.9 Å². The molecule has 3 N–H and O–H groups in total. The molecule has 15 nitrogen and oxygen atoms in total. The number of non-ortho nitro benzene ring substituents is 1. The third kappa shape index (κ3) is 14.4. The van der Waals surface area contributed by atoms with Crippen molar-refractivity contribution in [3.8, 4) is 11.5 Å². The number of nitro groups is 1. The van der Waals surface area contributed by atoms with Gasteiger partial charge in [0.05, 0.1) is 36.8 Å². The van der Waals surface area contributed by atoms with E-state index in [0.717, 1.165) is 66.0 Å². The maximum absolute atomic E-state index is 14.6. The van der Waals surface area contributed by atoms with Crippen LogP contribution < -0.4 is 14.8 Å². The molecule has 3 aliphatic rings. The van der Waals surface area contributed by atoms with Gasteiger partial charge < -0.3 is 39.3 Å². The molecule has 6 atom stereocenters. The van der Waals surface area contributed by atoms with Crippen LogP contribution in [0.1, 0.15) is 139 Å². The largest absolute Gasteiger partial charge is 0.459 e. The fraction of sp³-hybridized carbons (Fsp3) is 0.517.